The molecule has 2 aromatic rings. The van der Waals surface area contributed by atoms with Crippen LogP contribution in [-0.4, -0.2) is 52.1 Å². The molecular weight excluding hydrogens is 250 g/mol. The molecule has 20 heavy (non-hydrogen) atoms. The van der Waals surface area contributed by atoms with Gasteiger partial charge in [0, 0.05) is 31.5 Å². The van der Waals surface area contributed by atoms with Gasteiger partial charge in [0.25, 0.3) is 0 Å². The van der Waals surface area contributed by atoms with E-state index < -0.39 is 0 Å². The van der Waals surface area contributed by atoms with Gasteiger partial charge in [-0.25, -0.2) is 9.97 Å². The summed E-state index contributed by atoms with van der Waals surface area (Å²) in [4.78, 5) is 18.3. The SMILES string of the molecule is c1cnc2nc(N3CCC(N4CCCC4)C3)ccc2n1. The van der Waals surface area contributed by atoms with Gasteiger partial charge in [-0.3, -0.25) is 9.88 Å². The molecule has 0 radical (unpaired) electrons. The summed E-state index contributed by atoms with van der Waals surface area (Å²) in [6.07, 6.45) is 7.39. The highest BCUT2D eigenvalue weighted by molar-refractivity contribution is 5.71. The van der Waals surface area contributed by atoms with E-state index in [1.165, 1.54) is 32.4 Å². The molecule has 1 atom stereocenters. The second-order valence-corrected chi connectivity index (χ2v) is 5.70. The predicted molar refractivity (Wildman–Crippen MR) is 78.8 cm³/mol. The van der Waals surface area contributed by atoms with E-state index in [2.05, 4.69) is 30.8 Å². The highest BCUT2D eigenvalue weighted by atomic mass is 15.3. The maximum atomic E-state index is 4.65. The lowest BCUT2D eigenvalue weighted by Gasteiger charge is -2.24. The van der Waals surface area contributed by atoms with Crippen LogP contribution in [0.4, 0.5) is 5.82 Å². The summed E-state index contributed by atoms with van der Waals surface area (Å²) in [7, 11) is 0. The molecule has 104 valence electrons. The number of hydrogen-bond donors (Lipinski definition) is 0. The Morgan fingerprint density at radius 3 is 2.75 bits per heavy atom. The molecule has 1 unspecified atom stereocenters. The van der Waals surface area contributed by atoms with Crippen molar-refractivity contribution >= 4 is 17.0 Å². The first-order valence-electron chi connectivity index (χ1n) is 7.47. The molecule has 2 aliphatic rings. The lowest BCUT2D eigenvalue weighted by molar-refractivity contribution is 0.260. The quantitative estimate of drug-likeness (QED) is 0.830. The van der Waals surface area contributed by atoms with Crippen molar-refractivity contribution in [1.82, 2.24) is 19.9 Å². The molecule has 0 aliphatic carbocycles. The zero-order valence-electron chi connectivity index (χ0n) is 11.6. The number of hydrogen-bond acceptors (Lipinski definition) is 5. The number of aromatic nitrogens is 3. The van der Waals surface area contributed by atoms with Crippen molar-refractivity contribution in [2.45, 2.75) is 25.3 Å². The number of nitrogens with zero attached hydrogens (tertiary/aromatic N) is 5. The van der Waals surface area contributed by atoms with E-state index in [1.807, 2.05) is 6.07 Å². The van der Waals surface area contributed by atoms with Crippen LogP contribution in [-0.2, 0) is 0 Å². The van der Waals surface area contributed by atoms with Gasteiger partial charge < -0.3 is 4.90 Å². The molecule has 2 aliphatic heterocycles. The van der Waals surface area contributed by atoms with E-state index in [9.17, 15) is 0 Å². The second-order valence-electron chi connectivity index (χ2n) is 5.70. The lowest BCUT2D eigenvalue weighted by Crippen LogP contribution is -2.35. The van der Waals surface area contributed by atoms with Crippen molar-refractivity contribution in [2.24, 2.45) is 0 Å². The Kier molecular flexibility index (Phi) is 2.99. The first-order valence-corrected chi connectivity index (χ1v) is 7.47. The fourth-order valence-corrected chi connectivity index (χ4v) is 3.38. The molecule has 4 heterocycles. The van der Waals surface area contributed by atoms with Crippen molar-refractivity contribution in [2.75, 3.05) is 31.1 Å². The van der Waals surface area contributed by atoms with Crippen LogP contribution in [0, 0.1) is 0 Å². The Morgan fingerprint density at radius 1 is 1.00 bits per heavy atom. The van der Waals surface area contributed by atoms with Gasteiger partial charge in [-0.1, -0.05) is 0 Å². The minimum Gasteiger partial charge on any atom is -0.355 e. The highest BCUT2D eigenvalue weighted by Gasteiger charge is 2.29. The molecule has 2 aromatic heterocycles. The van der Waals surface area contributed by atoms with Crippen molar-refractivity contribution in [1.29, 1.82) is 0 Å². The smallest absolute Gasteiger partial charge is 0.180 e. The van der Waals surface area contributed by atoms with E-state index in [-0.39, 0.29) is 0 Å². The van der Waals surface area contributed by atoms with E-state index in [4.69, 9.17) is 0 Å². The van der Waals surface area contributed by atoms with Gasteiger partial charge in [-0.2, -0.15) is 0 Å². The van der Waals surface area contributed by atoms with E-state index in [0.29, 0.717) is 6.04 Å². The zero-order valence-corrected chi connectivity index (χ0v) is 11.6. The Morgan fingerprint density at radius 2 is 1.85 bits per heavy atom. The Hall–Kier alpha value is -1.75. The number of fused-ring (bicyclic) bond motifs is 1. The monoisotopic (exact) mass is 269 g/mol. The Bertz CT molecular complexity index is 608. The second kappa shape index (κ2) is 4.98. The summed E-state index contributed by atoms with van der Waals surface area (Å²) in [5, 5.41) is 0. The topological polar surface area (TPSA) is 45.2 Å². The standard InChI is InChI=1S/C15H19N5/c1-2-9-19(8-1)12-5-10-20(11-12)14-4-3-13-15(18-14)17-7-6-16-13/h3-4,6-7,12H,1-2,5,8-11H2. The summed E-state index contributed by atoms with van der Waals surface area (Å²) in [5.41, 5.74) is 1.61. The van der Waals surface area contributed by atoms with E-state index in [1.54, 1.807) is 12.4 Å². The van der Waals surface area contributed by atoms with Crippen molar-refractivity contribution in [3.8, 4) is 0 Å². The van der Waals surface area contributed by atoms with Crippen LogP contribution in [0.2, 0.25) is 0 Å². The van der Waals surface area contributed by atoms with Crippen LogP contribution in [0.5, 0.6) is 0 Å². The summed E-state index contributed by atoms with van der Waals surface area (Å²) in [5.74, 6) is 1.04. The van der Waals surface area contributed by atoms with E-state index >= 15 is 0 Å². The molecule has 5 heteroatoms. The third-order valence-electron chi connectivity index (χ3n) is 4.46. The molecular formula is C15H19N5. The van der Waals surface area contributed by atoms with Gasteiger partial charge in [-0.05, 0) is 44.5 Å². The van der Waals surface area contributed by atoms with Gasteiger partial charge in [0.2, 0.25) is 0 Å². The van der Waals surface area contributed by atoms with Crippen LogP contribution in [0.3, 0.4) is 0 Å². The lowest BCUT2D eigenvalue weighted by atomic mass is 10.2. The zero-order chi connectivity index (χ0) is 13.4. The van der Waals surface area contributed by atoms with Crippen LogP contribution < -0.4 is 4.90 Å². The van der Waals surface area contributed by atoms with Gasteiger partial charge in [-0.15, -0.1) is 0 Å². The summed E-state index contributed by atoms with van der Waals surface area (Å²) < 4.78 is 0. The molecule has 2 fully saturated rings. The predicted octanol–water partition coefficient (Wildman–Crippen LogP) is 1.70. The number of likely N-dealkylation sites (tertiary alicyclic amines) is 1. The molecule has 0 N–H and O–H groups in total. The number of pyridine rings is 1. The first kappa shape index (κ1) is 12.0. The average Bonchev–Trinajstić information content (AvgIpc) is 3.17. The first-order chi connectivity index (χ1) is 9.90. The van der Waals surface area contributed by atoms with Gasteiger partial charge in [0.15, 0.2) is 5.65 Å². The average molecular weight is 269 g/mol. The molecule has 0 aromatic carbocycles. The molecule has 0 saturated carbocycles. The van der Waals surface area contributed by atoms with Crippen LogP contribution in [0.25, 0.3) is 11.2 Å². The maximum absolute atomic E-state index is 4.65. The highest BCUT2D eigenvalue weighted by Crippen LogP contribution is 2.24. The molecule has 0 spiro atoms. The third kappa shape index (κ3) is 2.12. The molecule has 4 rings (SSSR count). The van der Waals surface area contributed by atoms with E-state index in [0.717, 1.165) is 30.1 Å². The molecule has 0 amide bonds. The fraction of sp³-hybridized carbons (Fsp3) is 0.533. The maximum Gasteiger partial charge on any atom is 0.180 e. The van der Waals surface area contributed by atoms with Crippen molar-refractivity contribution in [3.63, 3.8) is 0 Å². The molecule has 0 bridgehead atoms. The van der Waals surface area contributed by atoms with Gasteiger partial charge >= 0.3 is 0 Å². The summed E-state index contributed by atoms with van der Waals surface area (Å²) >= 11 is 0. The van der Waals surface area contributed by atoms with Gasteiger partial charge in [0.05, 0.1) is 0 Å². The van der Waals surface area contributed by atoms with Gasteiger partial charge in [0.1, 0.15) is 11.3 Å². The fourth-order valence-electron chi connectivity index (χ4n) is 3.38. The summed E-state index contributed by atoms with van der Waals surface area (Å²) in [6.45, 7) is 4.74. The van der Waals surface area contributed by atoms with Crippen LogP contribution in [0.1, 0.15) is 19.3 Å². The van der Waals surface area contributed by atoms with Crippen LogP contribution >= 0.6 is 0 Å². The normalized spacial score (nSPS) is 23.8. The molecule has 5 nitrogen and oxygen atoms in total. The third-order valence-corrected chi connectivity index (χ3v) is 4.46. The Labute approximate surface area is 118 Å². The van der Waals surface area contributed by atoms with Crippen LogP contribution in [0.15, 0.2) is 24.5 Å². The summed E-state index contributed by atoms with van der Waals surface area (Å²) in [6, 6.07) is 4.80. The van der Waals surface area contributed by atoms with Crippen molar-refractivity contribution < 1.29 is 0 Å². The number of rotatable bonds is 2. The Balaban J connectivity index is 1.54. The largest absolute Gasteiger partial charge is 0.355 e. The minimum atomic E-state index is 0.705. The minimum absolute atomic E-state index is 0.705. The number of anilines is 1. The van der Waals surface area contributed by atoms with Crippen molar-refractivity contribution in [3.05, 3.63) is 24.5 Å². The molecule has 2 saturated heterocycles.